The number of fused-ring (bicyclic) bond motifs is 1. The summed E-state index contributed by atoms with van der Waals surface area (Å²) in [4.78, 5) is 53.6. The van der Waals surface area contributed by atoms with Gasteiger partial charge in [-0.2, -0.15) is 0 Å². The Morgan fingerprint density at radius 2 is 2.13 bits per heavy atom. The van der Waals surface area contributed by atoms with E-state index in [1.807, 2.05) is 30.3 Å². The van der Waals surface area contributed by atoms with Gasteiger partial charge in [0.15, 0.2) is 10.2 Å². The Kier molecular flexibility index (Phi) is 7.94. The number of nitrogens with two attached hydrogens (primary N) is 1. The number of rotatable bonds is 10. The third-order valence-electron chi connectivity index (χ3n) is 6.03. The zero-order valence-electron chi connectivity index (χ0n) is 20.2. The number of carbonyl (C=O) groups is 3. The fourth-order valence-corrected chi connectivity index (χ4v) is 7.31. The standard InChI is InChI=1S/C23H22N8O5S3/c24-14-6-7-25-17(27-14)15(30-36-8-13-4-2-1-3-5-13)18(32)28-16-19(33)31-9-23(21(34)35,10-37-20(16)31)11-38-22-29-26-12-39-22/h1-7,12,16,20H,8-11H2,(H,28,32)(H,34,35)(H2,24,25,27)/t16?,20-,23?/m1/s1. The van der Waals surface area contributed by atoms with Crippen LogP contribution in [0.15, 0.2) is 57.6 Å². The Hall–Kier alpha value is -3.76. The molecule has 4 N–H and O–H groups in total. The number of carboxylic acid groups (broad SMARTS) is 1. The highest BCUT2D eigenvalue weighted by Crippen LogP contribution is 2.44. The van der Waals surface area contributed by atoms with Gasteiger partial charge >= 0.3 is 5.97 Å². The number of hydrogen-bond acceptors (Lipinski definition) is 13. The highest BCUT2D eigenvalue weighted by molar-refractivity contribution is 8.01. The SMILES string of the molecule is Nc1ccnc(C(=NOCc2ccccc2)C(=O)NC2C(=O)N3CC(CSc4nncs4)(C(=O)O)CS[C@H]23)n1. The van der Waals surface area contributed by atoms with Crippen LogP contribution in [0.2, 0.25) is 0 Å². The molecular formula is C23H22N8O5S3. The Balaban J connectivity index is 1.27. The summed E-state index contributed by atoms with van der Waals surface area (Å²) in [5.41, 5.74) is 6.79. The lowest BCUT2D eigenvalue weighted by Crippen LogP contribution is -2.74. The van der Waals surface area contributed by atoms with Crippen molar-refractivity contribution in [2.24, 2.45) is 10.6 Å². The van der Waals surface area contributed by atoms with Crippen LogP contribution in [-0.4, -0.2) is 83.1 Å². The molecule has 3 aromatic rings. The molecule has 4 heterocycles. The summed E-state index contributed by atoms with van der Waals surface area (Å²) in [5.74, 6) is -1.52. The fraction of sp³-hybridized carbons (Fsp3) is 0.304. The van der Waals surface area contributed by atoms with E-state index in [0.717, 1.165) is 5.56 Å². The van der Waals surface area contributed by atoms with Gasteiger partial charge in [0.2, 0.25) is 11.6 Å². The van der Waals surface area contributed by atoms with Gasteiger partial charge in [0.05, 0.1) is 0 Å². The van der Waals surface area contributed by atoms with E-state index < -0.39 is 28.7 Å². The normalized spacial score (nSPS) is 22.5. The van der Waals surface area contributed by atoms with Crippen molar-refractivity contribution in [1.82, 2.24) is 30.4 Å². The summed E-state index contributed by atoms with van der Waals surface area (Å²) in [6, 6.07) is 9.85. The third kappa shape index (κ3) is 5.81. The van der Waals surface area contributed by atoms with Gasteiger partial charge in [-0.1, -0.05) is 58.6 Å². The molecule has 3 atom stereocenters. The second-order valence-electron chi connectivity index (χ2n) is 8.70. The molecule has 2 fully saturated rings. The molecule has 202 valence electrons. The summed E-state index contributed by atoms with van der Waals surface area (Å²) < 4.78 is 0.660. The van der Waals surface area contributed by atoms with E-state index in [2.05, 4.69) is 30.6 Å². The molecule has 2 aliphatic heterocycles. The quantitative estimate of drug-likeness (QED) is 0.133. The lowest BCUT2D eigenvalue weighted by atomic mass is 9.89. The molecule has 2 amide bonds. The first-order chi connectivity index (χ1) is 18.9. The molecule has 13 nitrogen and oxygen atoms in total. The number of aliphatic carboxylic acids is 1. The number of carboxylic acids is 1. The van der Waals surface area contributed by atoms with E-state index in [1.165, 1.54) is 52.0 Å². The minimum atomic E-state index is -1.16. The maximum absolute atomic E-state index is 13.3. The Labute approximate surface area is 234 Å². The van der Waals surface area contributed by atoms with Gasteiger partial charge < -0.3 is 25.9 Å². The van der Waals surface area contributed by atoms with E-state index in [4.69, 9.17) is 10.6 Å². The topological polar surface area (TPSA) is 186 Å². The Morgan fingerprint density at radius 1 is 1.31 bits per heavy atom. The number of anilines is 1. The summed E-state index contributed by atoms with van der Waals surface area (Å²) in [6.07, 6.45) is 1.39. The van der Waals surface area contributed by atoms with Crippen LogP contribution in [0, 0.1) is 5.41 Å². The molecule has 39 heavy (non-hydrogen) atoms. The van der Waals surface area contributed by atoms with E-state index in [0.29, 0.717) is 4.34 Å². The predicted octanol–water partition coefficient (Wildman–Crippen LogP) is 1.09. The first-order valence-electron chi connectivity index (χ1n) is 11.5. The lowest BCUT2D eigenvalue weighted by molar-refractivity contribution is -0.157. The number of β-lactam (4-membered cyclic amide) rings is 1. The summed E-state index contributed by atoms with van der Waals surface area (Å²) >= 11 is 3.93. The van der Waals surface area contributed by atoms with Crippen LogP contribution in [0.4, 0.5) is 5.82 Å². The smallest absolute Gasteiger partial charge is 0.313 e. The second-order valence-corrected chi connectivity index (χ2v) is 11.9. The number of benzene rings is 1. The number of amides is 2. The monoisotopic (exact) mass is 586 g/mol. The average molecular weight is 587 g/mol. The van der Waals surface area contributed by atoms with Crippen LogP contribution in [0.5, 0.6) is 0 Å². The molecule has 2 saturated heterocycles. The molecule has 2 unspecified atom stereocenters. The molecule has 5 rings (SSSR count). The van der Waals surface area contributed by atoms with Crippen LogP contribution >= 0.6 is 34.9 Å². The number of oxime groups is 1. The van der Waals surface area contributed by atoms with Crippen LogP contribution in [0.25, 0.3) is 0 Å². The number of nitrogen functional groups attached to an aromatic ring is 1. The minimum absolute atomic E-state index is 0.0243. The highest BCUT2D eigenvalue weighted by Gasteiger charge is 2.57. The first-order valence-corrected chi connectivity index (χ1v) is 14.5. The molecular weight excluding hydrogens is 565 g/mol. The van der Waals surface area contributed by atoms with Crippen molar-refractivity contribution in [3.63, 3.8) is 0 Å². The van der Waals surface area contributed by atoms with Crippen molar-refractivity contribution in [1.29, 1.82) is 0 Å². The number of hydrogen-bond donors (Lipinski definition) is 3. The number of nitrogens with one attached hydrogen (secondary N) is 1. The van der Waals surface area contributed by atoms with Crippen molar-refractivity contribution < 1.29 is 24.3 Å². The molecule has 0 bridgehead atoms. The van der Waals surface area contributed by atoms with Gasteiger partial charge in [0.25, 0.3) is 5.91 Å². The van der Waals surface area contributed by atoms with Crippen molar-refractivity contribution in [2.75, 3.05) is 23.8 Å². The molecule has 0 aliphatic carbocycles. The van der Waals surface area contributed by atoms with Crippen LogP contribution in [0.1, 0.15) is 11.4 Å². The molecule has 16 heteroatoms. The second kappa shape index (κ2) is 11.5. The zero-order chi connectivity index (χ0) is 27.4. The fourth-order valence-electron chi connectivity index (χ4n) is 3.96. The molecule has 2 aromatic heterocycles. The van der Waals surface area contributed by atoms with Crippen LogP contribution in [-0.2, 0) is 25.8 Å². The molecule has 2 aliphatic rings. The molecule has 0 saturated carbocycles. The van der Waals surface area contributed by atoms with Gasteiger partial charge in [-0.05, 0) is 11.6 Å². The molecule has 0 spiro atoms. The molecule has 1 aromatic carbocycles. The van der Waals surface area contributed by atoms with Crippen LogP contribution < -0.4 is 11.1 Å². The van der Waals surface area contributed by atoms with E-state index >= 15 is 0 Å². The average Bonchev–Trinajstić information content (AvgIpc) is 3.47. The van der Waals surface area contributed by atoms with E-state index in [1.54, 1.807) is 5.51 Å². The van der Waals surface area contributed by atoms with E-state index in [9.17, 15) is 19.5 Å². The van der Waals surface area contributed by atoms with Gasteiger partial charge in [-0.25, -0.2) is 9.97 Å². The third-order valence-corrected chi connectivity index (χ3v) is 9.77. The van der Waals surface area contributed by atoms with Crippen LogP contribution in [0.3, 0.4) is 0 Å². The zero-order valence-corrected chi connectivity index (χ0v) is 22.6. The Bertz CT molecular complexity index is 1390. The maximum atomic E-state index is 13.3. The van der Waals surface area contributed by atoms with Gasteiger partial charge in [-0.15, -0.1) is 22.0 Å². The minimum Gasteiger partial charge on any atom is -0.481 e. The lowest BCUT2D eigenvalue weighted by Gasteiger charge is -2.53. The number of carbonyl (C=O) groups excluding carboxylic acids is 2. The number of aromatic nitrogens is 4. The highest BCUT2D eigenvalue weighted by atomic mass is 32.2. The predicted molar refractivity (Wildman–Crippen MR) is 145 cm³/mol. The van der Waals surface area contributed by atoms with Crippen molar-refractivity contribution in [3.8, 4) is 0 Å². The summed E-state index contributed by atoms with van der Waals surface area (Å²) in [5, 5.41) is 24.0. The number of nitrogens with zero attached hydrogens (tertiary/aromatic N) is 6. The van der Waals surface area contributed by atoms with Crippen molar-refractivity contribution in [2.45, 2.75) is 22.4 Å². The van der Waals surface area contributed by atoms with Crippen molar-refractivity contribution in [3.05, 3.63) is 59.5 Å². The maximum Gasteiger partial charge on any atom is 0.313 e. The summed E-state index contributed by atoms with van der Waals surface area (Å²) in [6.45, 7) is 0.122. The van der Waals surface area contributed by atoms with E-state index in [-0.39, 0.29) is 47.9 Å². The Morgan fingerprint density at radius 3 is 2.85 bits per heavy atom. The van der Waals surface area contributed by atoms with Gasteiger partial charge in [0.1, 0.15) is 34.8 Å². The first kappa shape index (κ1) is 26.8. The van der Waals surface area contributed by atoms with Crippen molar-refractivity contribution >= 4 is 64.2 Å². The van der Waals surface area contributed by atoms with Gasteiger partial charge in [-0.3, -0.25) is 14.4 Å². The largest absolute Gasteiger partial charge is 0.481 e. The summed E-state index contributed by atoms with van der Waals surface area (Å²) in [7, 11) is 0. The van der Waals surface area contributed by atoms with Gasteiger partial charge in [0, 0.05) is 24.2 Å². The molecule has 0 radical (unpaired) electrons. The number of thioether (sulfide) groups is 2.